The molecular formula is C14H19ClN2O3S. The van der Waals surface area contributed by atoms with Crippen molar-refractivity contribution in [3.8, 4) is 0 Å². The molecular weight excluding hydrogens is 312 g/mol. The average Bonchev–Trinajstić information content (AvgIpc) is 2.40. The summed E-state index contributed by atoms with van der Waals surface area (Å²) in [4.78, 5) is 11.6. The first-order valence-electron chi connectivity index (χ1n) is 6.40. The molecule has 1 aromatic rings. The molecule has 7 heteroatoms. The highest BCUT2D eigenvalue weighted by Crippen LogP contribution is 2.12. The monoisotopic (exact) mass is 330 g/mol. The van der Waals surface area contributed by atoms with Crippen molar-refractivity contribution in [2.75, 3.05) is 25.9 Å². The number of halogens is 1. The maximum Gasteiger partial charge on any atom is 0.235 e. The van der Waals surface area contributed by atoms with Crippen LogP contribution in [0.3, 0.4) is 0 Å². The molecule has 5 nitrogen and oxygen atoms in total. The number of amides is 1. The summed E-state index contributed by atoms with van der Waals surface area (Å²) in [5, 5.41) is 3.16. The number of carbonyl (C=O) groups excluding carboxylic acids is 1. The standard InChI is InChI=1S/C14H19ClN2O3S/c1-3-8-16-14(18)11-17(21(2,19)20)9-7-12-5-4-6-13(15)10-12/h3-6,10H,1,7-9,11H2,2H3,(H,16,18). The highest BCUT2D eigenvalue weighted by Gasteiger charge is 2.19. The lowest BCUT2D eigenvalue weighted by molar-refractivity contribution is -0.121. The number of carbonyl (C=O) groups is 1. The lowest BCUT2D eigenvalue weighted by Gasteiger charge is -2.19. The highest BCUT2D eigenvalue weighted by molar-refractivity contribution is 7.88. The van der Waals surface area contributed by atoms with Crippen molar-refractivity contribution in [1.29, 1.82) is 0 Å². The van der Waals surface area contributed by atoms with Gasteiger partial charge in [-0.15, -0.1) is 6.58 Å². The summed E-state index contributed by atoms with van der Waals surface area (Å²) in [5.74, 6) is -0.355. The summed E-state index contributed by atoms with van der Waals surface area (Å²) in [6.07, 6.45) is 3.11. The minimum absolute atomic E-state index is 0.201. The Kier molecular flexibility index (Phi) is 6.87. The van der Waals surface area contributed by atoms with E-state index in [1.54, 1.807) is 18.2 Å². The lowest BCUT2D eigenvalue weighted by Crippen LogP contribution is -2.41. The molecule has 0 unspecified atom stereocenters. The van der Waals surface area contributed by atoms with E-state index >= 15 is 0 Å². The van der Waals surface area contributed by atoms with Crippen LogP contribution in [0.25, 0.3) is 0 Å². The first-order valence-corrected chi connectivity index (χ1v) is 8.62. The Morgan fingerprint density at radius 1 is 1.48 bits per heavy atom. The third-order valence-electron chi connectivity index (χ3n) is 2.77. The van der Waals surface area contributed by atoms with Gasteiger partial charge in [0, 0.05) is 18.1 Å². The van der Waals surface area contributed by atoms with E-state index in [9.17, 15) is 13.2 Å². The first-order chi connectivity index (χ1) is 9.82. The number of sulfonamides is 1. The molecule has 1 rings (SSSR count). The van der Waals surface area contributed by atoms with E-state index < -0.39 is 10.0 Å². The van der Waals surface area contributed by atoms with Crippen LogP contribution < -0.4 is 5.32 Å². The quantitative estimate of drug-likeness (QED) is 0.734. The van der Waals surface area contributed by atoms with Gasteiger partial charge in [0.05, 0.1) is 12.8 Å². The van der Waals surface area contributed by atoms with Gasteiger partial charge >= 0.3 is 0 Å². The third kappa shape index (κ3) is 6.75. The van der Waals surface area contributed by atoms with Gasteiger partial charge in [0.25, 0.3) is 0 Å². The number of rotatable bonds is 8. The molecule has 0 aliphatic carbocycles. The smallest absolute Gasteiger partial charge is 0.235 e. The van der Waals surface area contributed by atoms with Crippen LogP contribution in [0.15, 0.2) is 36.9 Å². The second kappa shape index (κ2) is 8.17. The molecule has 0 aliphatic rings. The SMILES string of the molecule is C=CCNC(=O)CN(CCc1cccc(Cl)c1)S(C)(=O)=O. The van der Waals surface area contributed by atoms with Crippen LogP contribution in [0.2, 0.25) is 5.02 Å². The van der Waals surface area contributed by atoms with Crippen molar-refractivity contribution < 1.29 is 13.2 Å². The summed E-state index contributed by atoms with van der Waals surface area (Å²) in [6.45, 7) is 3.82. The lowest BCUT2D eigenvalue weighted by atomic mass is 10.1. The molecule has 0 heterocycles. The molecule has 0 saturated carbocycles. The summed E-state index contributed by atoms with van der Waals surface area (Å²) >= 11 is 5.89. The predicted molar refractivity (Wildman–Crippen MR) is 84.8 cm³/mol. The normalized spacial score (nSPS) is 11.4. The Morgan fingerprint density at radius 3 is 2.76 bits per heavy atom. The second-order valence-corrected chi connectivity index (χ2v) is 6.99. The fourth-order valence-electron chi connectivity index (χ4n) is 1.71. The molecule has 1 amide bonds. The van der Waals surface area contributed by atoms with E-state index in [-0.39, 0.29) is 19.0 Å². The van der Waals surface area contributed by atoms with Crippen LogP contribution in [0.1, 0.15) is 5.56 Å². The fraction of sp³-hybridized carbons (Fsp3) is 0.357. The van der Waals surface area contributed by atoms with E-state index in [4.69, 9.17) is 11.6 Å². The van der Waals surface area contributed by atoms with Gasteiger partial charge in [0.1, 0.15) is 0 Å². The van der Waals surface area contributed by atoms with E-state index in [1.165, 1.54) is 6.08 Å². The van der Waals surface area contributed by atoms with Crippen molar-refractivity contribution in [2.45, 2.75) is 6.42 Å². The molecule has 1 N–H and O–H groups in total. The molecule has 0 radical (unpaired) electrons. The van der Waals surface area contributed by atoms with Crippen molar-refractivity contribution in [1.82, 2.24) is 9.62 Å². The zero-order valence-corrected chi connectivity index (χ0v) is 13.5. The molecule has 0 fully saturated rings. The number of benzene rings is 1. The Bertz CT molecular complexity index is 602. The number of nitrogens with zero attached hydrogens (tertiary/aromatic N) is 1. The van der Waals surface area contributed by atoms with Crippen molar-refractivity contribution >= 4 is 27.5 Å². The van der Waals surface area contributed by atoms with Crippen molar-refractivity contribution in [3.63, 3.8) is 0 Å². The van der Waals surface area contributed by atoms with Crippen LogP contribution in [0, 0.1) is 0 Å². The maximum absolute atomic E-state index is 11.7. The van der Waals surface area contributed by atoms with Gasteiger partial charge in [-0.3, -0.25) is 4.79 Å². The van der Waals surface area contributed by atoms with Gasteiger partial charge < -0.3 is 5.32 Å². The average molecular weight is 331 g/mol. The summed E-state index contributed by atoms with van der Waals surface area (Å²) in [6, 6.07) is 7.20. The van der Waals surface area contributed by atoms with Crippen LogP contribution in [0.4, 0.5) is 0 Å². The topological polar surface area (TPSA) is 66.5 Å². The summed E-state index contributed by atoms with van der Waals surface area (Å²) < 4.78 is 24.6. The number of hydrogen-bond acceptors (Lipinski definition) is 3. The predicted octanol–water partition coefficient (Wildman–Crippen LogP) is 1.45. The van der Waals surface area contributed by atoms with E-state index in [0.717, 1.165) is 16.1 Å². The van der Waals surface area contributed by atoms with Gasteiger partial charge in [0.2, 0.25) is 15.9 Å². The molecule has 0 aromatic heterocycles. The Morgan fingerprint density at radius 2 is 2.19 bits per heavy atom. The molecule has 0 saturated heterocycles. The van der Waals surface area contributed by atoms with Crippen LogP contribution in [-0.4, -0.2) is 44.5 Å². The molecule has 0 bridgehead atoms. The Hall–Kier alpha value is -1.37. The largest absolute Gasteiger partial charge is 0.351 e. The number of nitrogens with one attached hydrogen (secondary N) is 1. The van der Waals surface area contributed by atoms with Gasteiger partial charge in [-0.1, -0.05) is 29.8 Å². The zero-order valence-electron chi connectivity index (χ0n) is 11.9. The van der Waals surface area contributed by atoms with Crippen molar-refractivity contribution in [3.05, 3.63) is 47.5 Å². The van der Waals surface area contributed by atoms with E-state index in [0.29, 0.717) is 18.0 Å². The Balaban J connectivity index is 2.67. The maximum atomic E-state index is 11.7. The van der Waals surface area contributed by atoms with Gasteiger partial charge in [-0.05, 0) is 24.1 Å². The van der Waals surface area contributed by atoms with Gasteiger partial charge in [0.15, 0.2) is 0 Å². The van der Waals surface area contributed by atoms with Crippen molar-refractivity contribution in [2.24, 2.45) is 0 Å². The van der Waals surface area contributed by atoms with Crippen LogP contribution >= 0.6 is 11.6 Å². The molecule has 21 heavy (non-hydrogen) atoms. The molecule has 0 aliphatic heterocycles. The molecule has 116 valence electrons. The second-order valence-electron chi connectivity index (χ2n) is 4.57. The van der Waals surface area contributed by atoms with Gasteiger partial charge in [-0.25, -0.2) is 8.42 Å². The van der Waals surface area contributed by atoms with Gasteiger partial charge in [-0.2, -0.15) is 4.31 Å². The minimum atomic E-state index is -3.45. The van der Waals surface area contributed by atoms with Crippen LogP contribution in [-0.2, 0) is 21.2 Å². The fourth-order valence-corrected chi connectivity index (χ4v) is 2.70. The first kappa shape index (κ1) is 17.7. The zero-order chi connectivity index (χ0) is 15.9. The number of hydrogen-bond donors (Lipinski definition) is 1. The summed E-state index contributed by atoms with van der Waals surface area (Å²) in [5.41, 5.74) is 0.919. The molecule has 0 spiro atoms. The van der Waals surface area contributed by atoms with Crippen LogP contribution in [0.5, 0.6) is 0 Å². The minimum Gasteiger partial charge on any atom is -0.351 e. The Labute approximate surface area is 130 Å². The third-order valence-corrected chi connectivity index (χ3v) is 4.26. The summed E-state index contributed by atoms with van der Waals surface area (Å²) in [7, 11) is -3.45. The van der Waals surface area contributed by atoms with E-state index in [1.807, 2.05) is 6.07 Å². The van der Waals surface area contributed by atoms with E-state index in [2.05, 4.69) is 11.9 Å². The molecule has 1 aromatic carbocycles. The molecule has 0 atom stereocenters. The highest BCUT2D eigenvalue weighted by atomic mass is 35.5.